The fourth-order valence-electron chi connectivity index (χ4n) is 2.89. The van der Waals surface area contributed by atoms with E-state index in [1.807, 2.05) is 11.8 Å². The third-order valence-electron chi connectivity index (χ3n) is 3.87. The number of hydrogen-bond acceptors (Lipinski definition) is 3. The van der Waals surface area contributed by atoms with E-state index in [-0.39, 0.29) is 18.6 Å². The summed E-state index contributed by atoms with van der Waals surface area (Å²) < 4.78 is 5.26. The van der Waals surface area contributed by atoms with Gasteiger partial charge < -0.3 is 14.5 Å². The van der Waals surface area contributed by atoms with Crippen LogP contribution in [0.5, 0.6) is 0 Å². The predicted molar refractivity (Wildman–Crippen MR) is 84.0 cm³/mol. The Morgan fingerprint density at radius 2 is 2.05 bits per heavy atom. The normalized spacial score (nSPS) is 18.5. The second kappa shape index (κ2) is 7.57. The quantitative estimate of drug-likeness (QED) is 0.807. The van der Waals surface area contributed by atoms with Gasteiger partial charge in [0, 0.05) is 19.7 Å². The zero-order chi connectivity index (χ0) is 15.2. The fraction of sp³-hybridized carbons (Fsp3) is 0.588. The van der Waals surface area contributed by atoms with E-state index < -0.39 is 0 Å². The Hall–Kier alpha value is -1.39. The minimum atomic E-state index is 0.108. The van der Waals surface area contributed by atoms with Gasteiger partial charge in [-0.05, 0) is 45.0 Å². The lowest BCUT2D eigenvalue weighted by Gasteiger charge is -2.25. The molecule has 1 heterocycles. The van der Waals surface area contributed by atoms with Crippen molar-refractivity contribution < 1.29 is 9.53 Å². The van der Waals surface area contributed by atoms with E-state index in [1.165, 1.54) is 11.1 Å². The molecular formula is C17H26N2O2. The first-order chi connectivity index (χ1) is 10.1. The van der Waals surface area contributed by atoms with Crippen LogP contribution in [0.25, 0.3) is 0 Å². The lowest BCUT2D eigenvalue weighted by atomic mass is 10.0. The van der Waals surface area contributed by atoms with E-state index in [1.54, 1.807) is 0 Å². The molecule has 1 aliphatic rings. The second-order valence-corrected chi connectivity index (χ2v) is 5.86. The lowest BCUT2D eigenvalue weighted by molar-refractivity contribution is -0.136. The minimum absolute atomic E-state index is 0.108. The number of carbonyl (C=O) groups is 1. The summed E-state index contributed by atoms with van der Waals surface area (Å²) in [5, 5.41) is 0. The molecule has 1 saturated heterocycles. The van der Waals surface area contributed by atoms with Crippen LogP contribution >= 0.6 is 0 Å². The van der Waals surface area contributed by atoms with Crippen molar-refractivity contribution >= 4 is 5.91 Å². The van der Waals surface area contributed by atoms with E-state index in [4.69, 9.17) is 4.74 Å². The molecule has 116 valence electrons. The van der Waals surface area contributed by atoms with Crippen LogP contribution in [0.3, 0.4) is 0 Å². The number of carbonyl (C=O) groups excluding carboxylic acids is 1. The van der Waals surface area contributed by atoms with Gasteiger partial charge in [-0.1, -0.05) is 24.3 Å². The molecule has 4 nitrogen and oxygen atoms in total. The Kier molecular flexibility index (Phi) is 5.76. The number of ether oxygens (including phenoxy) is 1. The highest BCUT2D eigenvalue weighted by atomic mass is 16.5. The average molecular weight is 290 g/mol. The molecule has 0 bridgehead atoms. The third kappa shape index (κ3) is 4.29. The highest BCUT2D eigenvalue weighted by Crippen LogP contribution is 2.32. The molecule has 1 fully saturated rings. The van der Waals surface area contributed by atoms with Crippen molar-refractivity contribution in [3.05, 3.63) is 35.4 Å². The Bertz CT molecular complexity index is 456. The summed E-state index contributed by atoms with van der Waals surface area (Å²) in [5.74, 6) is 0.108. The largest absolute Gasteiger partial charge is 0.372 e. The van der Waals surface area contributed by atoms with Crippen molar-refractivity contribution in [2.75, 3.05) is 33.9 Å². The van der Waals surface area contributed by atoms with Crippen molar-refractivity contribution in [1.82, 2.24) is 9.80 Å². The van der Waals surface area contributed by atoms with Crippen molar-refractivity contribution in [3.8, 4) is 0 Å². The first-order valence-corrected chi connectivity index (χ1v) is 7.72. The topological polar surface area (TPSA) is 32.8 Å². The summed E-state index contributed by atoms with van der Waals surface area (Å²) in [6.45, 7) is 4.49. The first kappa shape index (κ1) is 16.0. The molecule has 1 aromatic rings. The van der Waals surface area contributed by atoms with Gasteiger partial charge in [-0.2, -0.15) is 0 Å². The number of rotatable bonds is 6. The van der Waals surface area contributed by atoms with E-state index in [2.05, 4.69) is 43.3 Å². The first-order valence-electron chi connectivity index (χ1n) is 7.72. The molecule has 0 aliphatic carbocycles. The molecule has 2 rings (SSSR count). The van der Waals surface area contributed by atoms with Crippen molar-refractivity contribution in [1.29, 1.82) is 0 Å². The van der Waals surface area contributed by atoms with Gasteiger partial charge in [0.05, 0.1) is 6.04 Å². The van der Waals surface area contributed by atoms with Gasteiger partial charge in [0.2, 0.25) is 5.91 Å². The zero-order valence-corrected chi connectivity index (χ0v) is 13.3. The van der Waals surface area contributed by atoms with Gasteiger partial charge in [0.1, 0.15) is 6.61 Å². The molecule has 4 heteroatoms. The Morgan fingerprint density at radius 3 is 2.67 bits per heavy atom. The van der Waals surface area contributed by atoms with Crippen LogP contribution in [0.15, 0.2) is 24.3 Å². The summed E-state index contributed by atoms with van der Waals surface area (Å²) in [6.07, 6.45) is 2.12. The van der Waals surface area contributed by atoms with Gasteiger partial charge in [0.25, 0.3) is 0 Å². The van der Waals surface area contributed by atoms with E-state index >= 15 is 0 Å². The summed E-state index contributed by atoms with van der Waals surface area (Å²) >= 11 is 0. The molecule has 1 unspecified atom stereocenters. The molecule has 1 aliphatic heterocycles. The van der Waals surface area contributed by atoms with E-state index in [9.17, 15) is 4.79 Å². The number of benzene rings is 1. The summed E-state index contributed by atoms with van der Waals surface area (Å²) in [5.41, 5.74) is 2.54. The SMILES string of the molecule is CCOCC(=O)N1CCCC1c1ccc(CN(C)C)cc1. The maximum atomic E-state index is 12.2. The average Bonchev–Trinajstić information content (AvgIpc) is 2.94. The van der Waals surface area contributed by atoms with Crippen LogP contribution in [0.4, 0.5) is 0 Å². The predicted octanol–water partition coefficient (Wildman–Crippen LogP) is 2.45. The molecule has 1 atom stereocenters. The fourth-order valence-corrected chi connectivity index (χ4v) is 2.89. The van der Waals surface area contributed by atoms with E-state index in [0.717, 1.165) is 25.9 Å². The maximum absolute atomic E-state index is 12.2. The van der Waals surface area contributed by atoms with E-state index in [0.29, 0.717) is 6.61 Å². The Morgan fingerprint density at radius 1 is 1.33 bits per heavy atom. The standard InChI is InChI=1S/C17H26N2O2/c1-4-21-13-17(20)19-11-5-6-16(19)15-9-7-14(8-10-15)12-18(2)3/h7-10,16H,4-6,11-13H2,1-3H3. The molecule has 0 spiro atoms. The number of amides is 1. The van der Waals surface area contributed by atoms with Crippen LogP contribution in [-0.4, -0.2) is 49.6 Å². The minimum Gasteiger partial charge on any atom is -0.372 e. The second-order valence-electron chi connectivity index (χ2n) is 5.86. The van der Waals surface area contributed by atoms with Crippen LogP contribution < -0.4 is 0 Å². The van der Waals surface area contributed by atoms with Crippen LogP contribution in [0.2, 0.25) is 0 Å². The molecule has 21 heavy (non-hydrogen) atoms. The van der Waals surface area contributed by atoms with Crippen molar-refractivity contribution in [2.24, 2.45) is 0 Å². The molecule has 1 amide bonds. The molecule has 0 radical (unpaired) electrons. The van der Waals surface area contributed by atoms with Gasteiger partial charge in [-0.3, -0.25) is 4.79 Å². The van der Waals surface area contributed by atoms with Crippen molar-refractivity contribution in [2.45, 2.75) is 32.4 Å². The summed E-state index contributed by atoms with van der Waals surface area (Å²) in [6, 6.07) is 8.87. The smallest absolute Gasteiger partial charge is 0.249 e. The van der Waals surface area contributed by atoms with Crippen LogP contribution in [0.1, 0.15) is 36.9 Å². The monoisotopic (exact) mass is 290 g/mol. The zero-order valence-electron chi connectivity index (χ0n) is 13.3. The van der Waals surface area contributed by atoms with Gasteiger partial charge in [-0.15, -0.1) is 0 Å². The molecular weight excluding hydrogens is 264 g/mol. The Labute approximate surface area is 127 Å². The number of likely N-dealkylation sites (tertiary alicyclic amines) is 1. The number of hydrogen-bond donors (Lipinski definition) is 0. The molecule has 0 N–H and O–H groups in total. The maximum Gasteiger partial charge on any atom is 0.249 e. The highest BCUT2D eigenvalue weighted by molar-refractivity contribution is 5.78. The van der Waals surface area contributed by atoms with Gasteiger partial charge in [-0.25, -0.2) is 0 Å². The van der Waals surface area contributed by atoms with Crippen LogP contribution in [-0.2, 0) is 16.1 Å². The molecule has 1 aromatic carbocycles. The summed E-state index contributed by atoms with van der Waals surface area (Å²) in [4.78, 5) is 16.3. The Balaban J connectivity index is 2.03. The number of nitrogens with zero attached hydrogens (tertiary/aromatic N) is 2. The van der Waals surface area contributed by atoms with Crippen LogP contribution in [0, 0.1) is 0 Å². The third-order valence-corrected chi connectivity index (χ3v) is 3.87. The molecule has 0 aromatic heterocycles. The van der Waals surface area contributed by atoms with Gasteiger partial charge in [0.15, 0.2) is 0 Å². The summed E-state index contributed by atoms with van der Waals surface area (Å²) in [7, 11) is 4.14. The lowest BCUT2D eigenvalue weighted by Crippen LogP contribution is -2.33. The molecule has 0 saturated carbocycles. The van der Waals surface area contributed by atoms with Crippen molar-refractivity contribution in [3.63, 3.8) is 0 Å². The highest BCUT2D eigenvalue weighted by Gasteiger charge is 2.29. The van der Waals surface area contributed by atoms with Gasteiger partial charge >= 0.3 is 0 Å².